The molecule has 2 N–H and O–H groups in total. The number of anilines is 1. The lowest BCUT2D eigenvalue weighted by Gasteiger charge is -2.22. The normalized spacial score (nSPS) is 19.3. The third-order valence-electron chi connectivity index (χ3n) is 3.57. The number of pyridine rings is 1. The van der Waals surface area contributed by atoms with Gasteiger partial charge < -0.3 is 10.6 Å². The Kier molecular flexibility index (Phi) is 3.42. The summed E-state index contributed by atoms with van der Waals surface area (Å²) < 4.78 is 0. The zero-order chi connectivity index (χ0) is 13.1. The highest BCUT2D eigenvalue weighted by atomic mass is 16.2. The summed E-state index contributed by atoms with van der Waals surface area (Å²) in [6.07, 6.45) is 6.73. The molecule has 3 rings (SSSR count). The summed E-state index contributed by atoms with van der Waals surface area (Å²) in [5.41, 5.74) is 0.836. The summed E-state index contributed by atoms with van der Waals surface area (Å²) in [4.78, 5) is 16.3. The van der Waals surface area contributed by atoms with E-state index in [1.807, 2.05) is 24.3 Å². The molecule has 1 aliphatic rings. The Morgan fingerprint density at radius 3 is 3.11 bits per heavy atom. The molecule has 1 unspecified atom stereocenters. The van der Waals surface area contributed by atoms with E-state index in [1.54, 1.807) is 12.4 Å². The molecule has 0 spiro atoms. The predicted molar refractivity (Wildman–Crippen MR) is 76.0 cm³/mol. The number of carbonyl (C=O) groups excluding carboxylic acids is 1. The second kappa shape index (κ2) is 5.36. The smallest absolute Gasteiger partial charge is 0.241 e. The molecule has 0 radical (unpaired) electrons. The summed E-state index contributed by atoms with van der Waals surface area (Å²) in [5.74, 6) is 0.0519. The van der Waals surface area contributed by atoms with Gasteiger partial charge in [-0.25, -0.2) is 0 Å². The van der Waals surface area contributed by atoms with Crippen LogP contribution < -0.4 is 10.6 Å². The fourth-order valence-electron chi connectivity index (χ4n) is 2.52. The predicted octanol–water partition coefficient (Wildman–Crippen LogP) is 2.32. The van der Waals surface area contributed by atoms with E-state index in [1.165, 1.54) is 0 Å². The van der Waals surface area contributed by atoms with Crippen molar-refractivity contribution in [2.45, 2.75) is 25.3 Å². The number of aromatic nitrogens is 1. The van der Waals surface area contributed by atoms with E-state index in [2.05, 4.69) is 15.6 Å². The number of amides is 1. The molecule has 4 heteroatoms. The van der Waals surface area contributed by atoms with Crippen LogP contribution in [0, 0.1) is 0 Å². The highest BCUT2D eigenvalue weighted by Gasteiger charge is 2.20. The minimum absolute atomic E-state index is 0.0519. The van der Waals surface area contributed by atoms with Crippen LogP contribution in [-0.2, 0) is 4.79 Å². The topological polar surface area (TPSA) is 54.0 Å². The van der Waals surface area contributed by atoms with Gasteiger partial charge in [0.25, 0.3) is 0 Å². The molecule has 0 aliphatic carbocycles. The fourth-order valence-corrected chi connectivity index (χ4v) is 2.52. The molecule has 1 aliphatic heterocycles. The number of benzene rings is 1. The SMILES string of the molecule is O=C(Nc1cccc2ccncc12)C1CCCCN1. The van der Waals surface area contributed by atoms with Crippen molar-refractivity contribution in [1.29, 1.82) is 0 Å². The maximum Gasteiger partial charge on any atom is 0.241 e. The van der Waals surface area contributed by atoms with Gasteiger partial charge in [-0.15, -0.1) is 0 Å². The second-order valence-electron chi connectivity index (χ2n) is 4.89. The van der Waals surface area contributed by atoms with E-state index in [0.29, 0.717) is 0 Å². The molecular weight excluding hydrogens is 238 g/mol. The van der Waals surface area contributed by atoms with Crippen molar-refractivity contribution in [1.82, 2.24) is 10.3 Å². The van der Waals surface area contributed by atoms with Crippen LogP contribution in [0.5, 0.6) is 0 Å². The van der Waals surface area contributed by atoms with Crippen LogP contribution in [0.4, 0.5) is 5.69 Å². The molecule has 4 nitrogen and oxygen atoms in total. The fraction of sp³-hybridized carbons (Fsp3) is 0.333. The minimum Gasteiger partial charge on any atom is -0.324 e. The number of piperidine rings is 1. The zero-order valence-corrected chi connectivity index (χ0v) is 10.7. The number of fused-ring (bicyclic) bond motifs is 1. The Bertz CT molecular complexity index is 585. The van der Waals surface area contributed by atoms with Gasteiger partial charge in [0.05, 0.1) is 11.7 Å². The zero-order valence-electron chi connectivity index (χ0n) is 10.7. The summed E-state index contributed by atoms with van der Waals surface area (Å²) >= 11 is 0. The minimum atomic E-state index is -0.0688. The Balaban J connectivity index is 1.82. The van der Waals surface area contributed by atoms with E-state index >= 15 is 0 Å². The van der Waals surface area contributed by atoms with E-state index in [-0.39, 0.29) is 11.9 Å². The third kappa shape index (κ3) is 2.58. The van der Waals surface area contributed by atoms with Gasteiger partial charge in [-0.05, 0) is 36.9 Å². The van der Waals surface area contributed by atoms with Crippen LogP contribution in [0.25, 0.3) is 10.8 Å². The molecule has 98 valence electrons. The highest BCUT2D eigenvalue weighted by molar-refractivity contribution is 6.03. The first kappa shape index (κ1) is 12.1. The lowest BCUT2D eigenvalue weighted by Crippen LogP contribution is -2.43. The highest BCUT2D eigenvalue weighted by Crippen LogP contribution is 2.22. The Labute approximate surface area is 112 Å². The standard InChI is InChI=1S/C15H17N3O/c19-15(14-5-1-2-8-17-14)18-13-6-3-4-11-7-9-16-10-12(11)13/h3-4,6-7,9-10,14,17H,1-2,5,8H2,(H,18,19). The van der Waals surface area contributed by atoms with Crippen LogP contribution in [-0.4, -0.2) is 23.5 Å². The summed E-state index contributed by atoms with van der Waals surface area (Å²) in [7, 11) is 0. The molecule has 19 heavy (non-hydrogen) atoms. The largest absolute Gasteiger partial charge is 0.324 e. The van der Waals surface area contributed by atoms with E-state index < -0.39 is 0 Å². The number of nitrogens with one attached hydrogen (secondary N) is 2. The van der Waals surface area contributed by atoms with Crippen molar-refractivity contribution < 1.29 is 4.79 Å². The molecular formula is C15H17N3O. The number of hydrogen-bond acceptors (Lipinski definition) is 3. The molecule has 1 amide bonds. The first-order valence-electron chi connectivity index (χ1n) is 6.71. The Hall–Kier alpha value is -1.94. The molecule has 1 fully saturated rings. The van der Waals surface area contributed by atoms with Gasteiger partial charge in [0.15, 0.2) is 0 Å². The lowest BCUT2D eigenvalue weighted by molar-refractivity contribution is -0.118. The molecule has 1 aromatic heterocycles. The van der Waals surface area contributed by atoms with Gasteiger partial charge in [-0.2, -0.15) is 0 Å². The van der Waals surface area contributed by atoms with Crippen LogP contribution in [0.2, 0.25) is 0 Å². The molecule has 2 aromatic rings. The van der Waals surface area contributed by atoms with Crippen molar-refractivity contribution >= 4 is 22.4 Å². The van der Waals surface area contributed by atoms with Crippen molar-refractivity contribution in [2.24, 2.45) is 0 Å². The number of nitrogens with zero attached hydrogens (tertiary/aromatic N) is 1. The van der Waals surface area contributed by atoms with Gasteiger partial charge in [-0.1, -0.05) is 18.6 Å². The van der Waals surface area contributed by atoms with Crippen molar-refractivity contribution in [3.05, 3.63) is 36.7 Å². The van der Waals surface area contributed by atoms with Crippen LogP contribution in [0.1, 0.15) is 19.3 Å². The average molecular weight is 255 g/mol. The van der Waals surface area contributed by atoms with Crippen molar-refractivity contribution in [3.8, 4) is 0 Å². The molecule has 1 aromatic carbocycles. The number of rotatable bonds is 2. The maximum atomic E-state index is 12.2. The Morgan fingerprint density at radius 1 is 1.32 bits per heavy atom. The van der Waals surface area contributed by atoms with Crippen LogP contribution in [0.15, 0.2) is 36.7 Å². The summed E-state index contributed by atoms with van der Waals surface area (Å²) in [6, 6.07) is 7.77. The molecule has 0 bridgehead atoms. The summed E-state index contributed by atoms with van der Waals surface area (Å²) in [6.45, 7) is 0.926. The lowest BCUT2D eigenvalue weighted by atomic mass is 10.0. The monoisotopic (exact) mass is 255 g/mol. The number of carbonyl (C=O) groups is 1. The van der Waals surface area contributed by atoms with Gasteiger partial charge in [0, 0.05) is 17.8 Å². The quantitative estimate of drug-likeness (QED) is 0.866. The van der Waals surface area contributed by atoms with Crippen molar-refractivity contribution in [3.63, 3.8) is 0 Å². The van der Waals surface area contributed by atoms with Gasteiger partial charge in [-0.3, -0.25) is 9.78 Å². The third-order valence-corrected chi connectivity index (χ3v) is 3.57. The maximum absolute atomic E-state index is 12.2. The van der Waals surface area contributed by atoms with Crippen LogP contribution >= 0.6 is 0 Å². The molecule has 0 saturated carbocycles. The molecule has 1 saturated heterocycles. The van der Waals surface area contributed by atoms with Gasteiger partial charge in [0.1, 0.15) is 0 Å². The van der Waals surface area contributed by atoms with E-state index in [0.717, 1.165) is 42.3 Å². The summed E-state index contributed by atoms with van der Waals surface area (Å²) in [5, 5.41) is 8.34. The van der Waals surface area contributed by atoms with E-state index in [9.17, 15) is 4.79 Å². The van der Waals surface area contributed by atoms with Gasteiger partial charge in [0.2, 0.25) is 5.91 Å². The number of hydrogen-bond donors (Lipinski definition) is 2. The molecule has 1 atom stereocenters. The average Bonchev–Trinajstić information content (AvgIpc) is 2.48. The van der Waals surface area contributed by atoms with Crippen molar-refractivity contribution in [2.75, 3.05) is 11.9 Å². The first-order valence-corrected chi connectivity index (χ1v) is 6.71. The molecule has 2 heterocycles. The Morgan fingerprint density at radius 2 is 2.26 bits per heavy atom. The van der Waals surface area contributed by atoms with E-state index in [4.69, 9.17) is 0 Å². The first-order chi connectivity index (χ1) is 9.34. The second-order valence-corrected chi connectivity index (χ2v) is 4.89. The van der Waals surface area contributed by atoms with Gasteiger partial charge >= 0.3 is 0 Å². The van der Waals surface area contributed by atoms with Crippen LogP contribution in [0.3, 0.4) is 0 Å².